The molecule has 2 N–H and O–H groups in total. The highest BCUT2D eigenvalue weighted by Gasteiger charge is 2.41. The normalized spacial score (nSPS) is 15.3. The van der Waals surface area contributed by atoms with E-state index in [9.17, 15) is 18.0 Å². The fourth-order valence-corrected chi connectivity index (χ4v) is 1.63. The van der Waals surface area contributed by atoms with Crippen LogP contribution < -0.4 is 10.6 Å². The third-order valence-electron chi connectivity index (χ3n) is 2.91. The Morgan fingerprint density at radius 1 is 1.32 bits per heavy atom. The molecule has 3 nitrogen and oxygen atoms in total. The van der Waals surface area contributed by atoms with Crippen molar-refractivity contribution < 1.29 is 18.0 Å². The molecule has 0 aromatic heterocycles. The van der Waals surface area contributed by atoms with Crippen LogP contribution in [0.4, 0.5) is 13.2 Å². The lowest BCUT2D eigenvalue weighted by atomic mass is 10.0. The lowest BCUT2D eigenvalue weighted by Gasteiger charge is -2.28. The van der Waals surface area contributed by atoms with E-state index in [0.717, 1.165) is 37.4 Å². The van der Waals surface area contributed by atoms with Gasteiger partial charge in [0.1, 0.15) is 5.82 Å². The van der Waals surface area contributed by atoms with Gasteiger partial charge in [0.05, 0.1) is 0 Å². The van der Waals surface area contributed by atoms with E-state index >= 15 is 0 Å². The van der Waals surface area contributed by atoms with Crippen molar-refractivity contribution in [2.24, 2.45) is 5.92 Å². The summed E-state index contributed by atoms with van der Waals surface area (Å²) in [6.45, 7) is 1.67. The Labute approximate surface area is 115 Å². The van der Waals surface area contributed by atoms with Crippen molar-refractivity contribution in [1.29, 1.82) is 0 Å². The lowest BCUT2D eigenvalue weighted by molar-refractivity contribution is -0.147. The van der Waals surface area contributed by atoms with E-state index < -0.39 is 23.2 Å². The molecular weight excluding hydrogens is 281 g/mol. The number of carbonyl (C=O) groups is 1. The zero-order valence-electron chi connectivity index (χ0n) is 9.96. The SMILES string of the molecule is Cl.O=C(NCC1CNC1)C(F)(F)c1ccc(F)cc1. The highest BCUT2D eigenvalue weighted by atomic mass is 35.5. The second kappa shape index (κ2) is 6.25. The zero-order chi connectivity index (χ0) is 13.2. The van der Waals surface area contributed by atoms with Crippen LogP contribution in [0.3, 0.4) is 0 Å². The molecule has 1 aromatic rings. The molecule has 2 rings (SSSR count). The van der Waals surface area contributed by atoms with E-state index in [1.54, 1.807) is 0 Å². The fourth-order valence-electron chi connectivity index (χ4n) is 1.63. The molecule has 1 saturated heterocycles. The van der Waals surface area contributed by atoms with Gasteiger partial charge in [0.2, 0.25) is 0 Å². The molecule has 7 heteroatoms. The molecule has 0 aliphatic carbocycles. The van der Waals surface area contributed by atoms with E-state index in [2.05, 4.69) is 10.6 Å². The van der Waals surface area contributed by atoms with Gasteiger partial charge in [0.25, 0.3) is 5.91 Å². The van der Waals surface area contributed by atoms with Crippen LogP contribution in [0.2, 0.25) is 0 Å². The number of nitrogens with one attached hydrogen (secondary N) is 2. The molecule has 1 aliphatic rings. The van der Waals surface area contributed by atoms with Gasteiger partial charge in [-0.05, 0) is 24.3 Å². The van der Waals surface area contributed by atoms with Crippen molar-refractivity contribution in [2.45, 2.75) is 5.92 Å². The Hall–Kier alpha value is -1.27. The third kappa shape index (κ3) is 3.61. The van der Waals surface area contributed by atoms with Crippen LogP contribution in [-0.2, 0) is 10.7 Å². The summed E-state index contributed by atoms with van der Waals surface area (Å²) >= 11 is 0. The van der Waals surface area contributed by atoms with Crippen LogP contribution in [-0.4, -0.2) is 25.5 Å². The van der Waals surface area contributed by atoms with Crippen molar-refractivity contribution in [1.82, 2.24) is 10.6 Å². The van der Waals surface area contributed by atoms with Crippen LogP contribution in [0, 0.1) is 11.7 Å². The molecule has 0 saturated carbocycles. The molecule has 1 aliphatic heterocycles. The predicted octanol–water partition coefficient (Wildman–Crippen LogP) is 1.67. The molecule has 1 fully saturated rings. The van der Waals surface area contributed by atoms with E-state index in [1.807, 2.05) is 0 Å². The van der Waals surface area contributed by atoms with E-state index in [0.29, 0.717) is 0 Å². The third-order valence-corrected chi connectivity index (χ3v) is 2.91. The van der Waals surface area contributed by atoms with Gasteiger partial charge >= 0.3 is 5.92 Å². The maximum absolute atomic E-state index is 13.7. The predicted molar refractivity (Wildman–Crippen MR) is 66.9 cm³/mol. The number of rotatable bonds is 4. The Bertz CT molecular complexity index is 435. The molecule has 0 bridgehead atoms. The Balaban J connectivity index is 0.00000180. The van der Waals surface area contributed by atoms with E-state index in [-0.39, 0.29) is 24.9 Å². The van der Waals surface area contributed by atoms with Crippen molar-refractivity contribution in [3.63, 3.8) is 0 Å². The van der Waals surface area contributed by atoms with Gasteiger partial charge in [-0.3, -0.25) is 4.79 Å². The maximum atomic E-state index is 13.7. The number of alkyl halides is 2. The summed E-state index contributed by atoms with van der Waals surface area (Å²) in [6, 6.07) is 3.65. The van der Waals surface area contributed by atoms with Crippen LogP contribution in [0.1, 0.15) is 5.56 Å². The summed E-state index contributed by atoms with van der Waals surface area (Å²) in [5.41, 5.74) is -0.506. The molecule has 19 heavy (non-hydrogen) atoms. The van der Waals surface area contributed by atoms with Gasteiger partial charge in [-0.15, -0.1) is 12.4 Å². The quantitative estimate of drug-likeness (QED) is 0.887. The summed E-state index contributed by atoms with van der Waals surface area (Å²) in [4.78, 5) is 11.4. The van der Waals surface area contributed by atoms with Crippen molar-refractivity contribution in [3.05, 3.63) is 35.6 Å². The summed E-state index contributed by atoms with van der Waals surface area (Å²) in [7, 11) is 0. The Kier molecular flexibility index (Phi) is 5.20. The van der Waals surface area contributed by atoms with E-state index in [4.69, 9.17) is 0 Å². The number of hydrogen-bond donors (Lipinski definition) is 2. The number of benzene rings is 1. The summed E-state index contributed by atoms with van der Waals surface area (Å²) < 4.78 is 40.0. The highest BCUT2D eigenvalue weighted by Crippen LogP contribution is 2.28. The number of carbonyl (C=O) groups excluding carboxylic acids is 1. The molecule has 1 aromatic carbocycles. The zero-order valence-corrected chi connectivity index (χ0v) is 10.8. The van der Waals surface area contributed by atoms with Gasteiger partial charge in [0, 0.05) is 31.1 Å². The summed E-state index contributed by atoms with van der Waals surface area (Å²) in [5.74, 6) is -5.39. The van der Waals surface area contributed by atoms with Crippen LogP contribution >= 0.6 is 12.4 Å². The van der Waals surface area contributed by atoms with Crippen molar-refractivity contribution in [3.8, 4) is 0 Å². The van der Waals surface area contributed by atoms with Crippen LogP contribution in [0.15, 0.2) is 24.3 Å². The molecular formula is C12H14ClF3N2O. The maximum Gasteiger partial charge on any atom is 0.349 e. The minimum Gasteiger partial charge on any atom is -0.350 e. The first-order chi connectivity index (χ1) is 8.50. The lowest BCUT2D eigenvalue weighted by Crippen LogP contribution is -2.50. The first-order valence-electron chi connectivity index (χ1n) is 5.63. The van der Waals surface area contributed by atoms with Crippen LogP contribution in [0.25, 0.3) is 0 Å². The molecule has 1 amide bonds. The second-order valence-electron chi connectivity index (χ2n) is 4.32. The first kappa shape index (κ1) is 15.8. The molecule has 0 atom stereocenters. The molecule has 106 valence electrons. The first-order valence-corrected chi connectivity index (χ1v) is 5.63. The van der Waals surface area contributed by atoms with Gasteiger partial charge in [-0.25, -0.2) is 4.39 Å². The van der Waals surface area contributed by atoms with Crippen molar-refractivity contribution in [2.75, 3.05) is 19.6 Å². The Morgan fingerprint density at radius 2 is 1.89 bits per heavy atom. The highest BCUT2D eigenvalue weighted by molar-refractivity contribution is 5.85. The van der Waals surface area contributed by atoms with Gasteiger partial charge in [0.15, 0.2) is 0 Å². The second-order valence-corrected chi connectivity index (χ2v) is 4.32. The molecule has 0 spiro atoms. The topological polar surface area (TPSA) is 41.1 Å². The smallest absolute Gasteiger partial charge is 0.349 e. The summed E-state index contributed by atoms with van der Waals surface area (Å²) in [6.07, 6.45) is 0. The molecule has 0 unspecified atom stereocenters. The Morgan fingerprint density at radius 3 is 2.37 bits per heavy atom. The summed E-state index contributed by atoms with van der Waals surface area (Å²) in [5, 5.41) is 5.20. The molecule has 1 heterocycles. The van der Waals surface area contributed by atoms with Crippen LogP contribution in [0.5, 0.6) is 0 Å². The van der Waals surface area contributed by atoms with Gasteiger partial charge < -0.3 is 10.6 Å². The van der Waals surface area contributed by atoms with Crippen molar-refractivity contribution >= 4 is 18.3 Å². The standard InChI is InChI=1S/C12H13F3N2O.ClH/c13-10-3-1-9(2-4-10)12(14,15)11(18)17-7-8-5-16-6-8;/h1-4,8,16H,5-7H2,(H,17,18);1H. The van der Waals surface area contributed by atoms with E-state index in [1.165, 1.54) is 0 Å². The average molecular weight is 295 g/mol. The number of hydrogen-bond acceptors (Lipinski definition) is 2. The fraction of sp³-hybridized carbons (Fsp3) is 0.417. The number of amides is 1. The minimum absolute atomic E-state index is 0. The van der Waals surface area contributed by atoms with Gasteiger partial charge in [-0.1, -0.05) is 0 Å². The average Bonchev–Trinajstić information content (AvgIpc) is 2.27. The largest absolute Gasteiger partial charge is 0.350 e. The number of halogens is 4. The van der Waals surface area contributed by atoms with Gasteiger partial charge in [-0.2, -0.15) is 8.78 Å². The minimum atomic E-state index is -3.63. The monoisotopic (exact) mass is 294 g/mol. The molecule has 0 radical (unpaired) electrons.